The molecule has 7 nitrogen and oxygen atoms in total. The number of nitrogens with zero attached hydrogens (tertiary/aromatic N) is 5. The summed E-state index contributed by atoms with van der Waals surface area (Å²) in [6.45, 7) is 1.76. The van der Waals surface area contributed by atoms with Crippen LogP contribution in [-0.2, 0) is 24.3 Å². The van der Waals surface area contributed by atoms with Gasteiger partial charge in [-0.1, -0.05) is 18.2 Å². The second-order valence-electron chi connectivity index (χ2n) is 5.77. The van der Waals surface area contributed by atoms with Gasteiger partial charge in [0.2, 0.25) is 11.8 Å². The molecule has 1 aliphatic heterocycles. The summed E-state index contributed by atoms with van der Waals surface area (Å²) in [6.07, 6.45) is 4.36. The number of aromatic nitrogens is 4. The van der Waals surface area contributed by atoms with Gasteiger partial charge in [0.25, 0.3) is 0 Å². The number of aryl methyl sites for hydroxylation is 1. The zero-order valence-corrected chi connectivity index (χ0v) is 13.1. The van der Waals surface area contributed by atoms with Gasteiger partial charge >= 0.3 is 0 Å². The van der Waals surface area contributed by atoms with Gasteiger partial charge in [0.1, 0.15) is 24.1 Å². The molecule has 1 amide bonds. The Morgan fingerprint density at radius 3 is 2.75 bits per heavy atom. The number of carbonyl (C=O) groups excluding carboxylic acids is 1. The second kappa shape index (κ2) is 6.27. The van der Waals surface area contributed by atoms with Crippen LogP contribution >= 0.6 is 0 Å². The van der Waals surface area contributed by atoms with Crippen LogP contribution in [0.4, 0.5) is 0 Å². The van der Waals surface area contributed by atoms with E-state index in [0.29, 0.717) is 38.4 Å². The first-order chi connectivity index (χ1) is 11.8. The number of rotatable bonds is 4. The number of amides is 1. The molecule has 122 valence electrons. The summed E-state index contributed by atoms with van der Waals surface area (Å²) in [5.41, 5.74) is 1.81. The van der Waals surface area contributed by atoms with Gasteiger partial charge in [-0.25, -0.2) is 4.98 Å². The molecule has 0 radical (unpaired) electrons. The van der Waals surface area contributed by atoms with Crippen molar-refractivity contribution in [3.63, 3.8) is 0 Å². The lowest BCUT2D eigenvalue weighted by molar-refractivity contribution is -0.132. The summed E-state index contributed by atoms with van der Waals surface area (Å²) in [6, 6.07) is 9.82. The highest BCUT2D eigenvalue weighted by Crippen LogP contribution is 2.26. The van der Waals surface area contributed by atoms with Crippen molar-refractivity contribution in [3.8, 4) is 11.5 Å². The molecule has 7 heteroatoms. The highest BCUT2D eigenvalue weighted by atomic mass is 16.4. The quantitative estimate of drug-likeness (QED) is 0.733. The minimum Gasteiger partial charge on any atom is -0.441 e. The molecule has 0 aliphatic carbocycles. The third kappa shape index (κ3) is 2.92. The molecule has 0 unspecified atom stereocenters. The van der Waals surface area contributed by atoms with E-state index in [1.807, 2.05) is 35.2 Å². The number of fused-ring (bicyclic) bond motifs is 1. The Morgan fingerprint density at radius 1 is 1.17 bits per heavy atom. The third-order valence-electron chi connectivity index (χ3n) is 4.15. The first kappa shape index (κ1) is 14.6. The molecule has 3 aromatic rings. The van der Waals surface area contributed by atoms with E-state index in [2.05, 4.69) is 15.2 Å². The molecule has 2 aromatic heterocycles. The van der Waals surface area contributed by atoms with E-state index in [4.69, 9.17) is 4.42 Å². The Balaban J connectivity index is 1.44. The summed E-state index contributed by atoms with van der Waals surface area (Å²) >= 11 is 0. The normalized spacial score (nSPS) is 13.8. The number of oxazole rings is 1. The maximum absolute atomic E-state index is 12.4. The van der Waals surface area contributed by atoms with Gasteiger partial charge in [0.05, 0.1) is 6.54 Å². The summed E-state index contributed by atoms with van der Waals surface area (Å²) in [5.74, 6) is 1.62. The molecule has 0 atom stereocenters. The van der Waals surface area contributed by atoms with Gasteiger partial charge in [0, 0.05) is 31.5 Å². The topological polar surface area (TPSA) is 77.0 Å². The van der Waals surface area contributed by atoms with Crippen molar-refractivity contribution in [2.45, 2.75) is 25.9 Å². The fourth-order valence-electron chi connectivity index (χ4n) is 2.84. The van der Waals surface area contributed by atoms with Gasteiger partial charge in [0.15, 0.2) is 0 Å². The molecule has 0 spiro atoms. The summed E-state index contributed by atoms with van der Waals surface area (Å²) < 4.78 is 7.67. The Morgan fingerprint density at radius 2 is 1.96 bits per heavy atom. The maximum Gasteiger partial charge on any atom is 0.226 e. The number of carbonyl (C=O) groups is 1. The molecule has 1 aromatic carbocycles. The molecule has 0 bridgehead atoms. The van der Waals surface area contributed by atoms with Gasteiger partial charge in [-0.3, -0.25) is 4.79 Å². The molecule has 1 aliphatic rings. The molecule has 4 rings (SSSR count). The Bertz CT molecular complexity index is 826. The lowest BCUT2D eigenvalue weighted by atomic mass is 10.1. The summed E-state index contributed by atoms with van der Waals surface area (Å²) in [4.78, 5) is 18.8. The molecule has 0 fully saturated rings. The Labute approximate surface area is 138 Å². The van der Waals surface area contributed by atoms with Crippen LogP contribution in [0.5, 0.6) is 0 Å². The van der Waals surface area contributed by atoms with Crippen LogP contribution in [-0.4, -0.2) is 37.1 Å². The average Bonchev–Trinajstić information content (AvgIpc) is 3.29. The monoisotopic (exact) mass is 323 g/mol. The van der Waals surface area contributed by atoms with Gasteiger partial charge in [-0.05, 0) is 12.1 Å². The fourth-order valence-corrected chi connectivity index (χ4v) is 2.84. The smallest absolute Gasteiger partial charge is 0.226 e. The third-order valence-corrected chi connectivity index (χ3v) is 4.15. The molecule has 0 saturated heterocycles. The minimum absolute atomic E-state index is 0.110. The zero-order chi connectivity index (χ0) is 16.4. The highest BCUT2D eigenvalue weighted by molar-refractivity contribution is 5.76. The lowest BCUT2D eigenvalue weighted by Gasteiger charge is -2.25. The van der Waals surface area contributed by atoms with Crippen molar-refractivity contribution in [2.24, 2.45) is 0 Å². The van der Waals surface area contributed by atoms with Crippen LogP contribution in [0.3, 0.4) is 0 Å². The average molecular weight is 323 g/mol. The SMILES string of the molecule is O=C(CCn1cnnc1)N1CCc2oc(-c3ccccc3)nc2C1. The van der Waals surface area contributed by atoms with E-state index >= 15 is 0 Å². The van der Waals surface area contributed by atoms with Crippen LogP contribution in [0, 0.1) is 0 Å². The highest BCUT2D eigenvalue weighted by Gasteiger charge is 2.25. The van der Waals surface area contributed by atoms with E-state index in [0.717, 1.165) is 17.0 Å². The molecular formula is C17H17N5O2. The van der Waals surface area contributed by atoms with Crippen molar-refractivity contribution < 1.29 is 9.21 Å². The van der Waals surface area contributed by atoms with E-state index < -0.39 is 0 Å². The fraction of sp³-hybridized carbons (Fsp3) is 0.294. The Kier molecular flexibility index (Phi) is 3.82. The summed E-state index contributed by atoms with van der Waals surface area (Å²) in [5, 5.41) is 7.48. The molecule has 0 N–H and O–H groups in total. The predicted molar refractivity (Wildman–Crippen MR) is 85.7 cm³/mol. The first-order valence-corrected chi connectivity index (χ1v) is 7.94. The van der Waals surface area contributed by atoms with Crippen molar-refractivity contribution in [1.82, 2.24) is 24.6 Å². The van der Waals surface area contributed by atoms with Gasteiger partial charge in [-0.15, -0.1) is 10.2 Å². The van der Waals surface area contributed by atoms with Crippen LogP contribution in [0.15, 0.2) is 47.4 Å². The van der Waals surface area contributed by atoms with E-state index in [-0.39, 0.29) is 5.91 Å². The van der Waals surface area contributed by atoms with Crippen LogP contribution in [0.1, 0.15) is 17.9 Å². The zero-order valence-electron chi connectivity index (χ0n) is 13.1. The molecule has 0 saturated carbocycles. The minimum atomic E-state index is 0.110. The van der Waals surface area contributed by atoms with Crippen molar-refractivity contribution in [1.29, 1.82) is 0 Å². The largest absolute Gasteiger partial charge is 0.441 e. The predicted octanol–water partition coefficient (Wildman–Crippen LogP) is 1.91. The van der Waals surface area contributed by atoms with E-state index in [9.17, 15) is 4.79 Å². The van der Waals surface area contributed by atoms with Crippen LogP contribution in [0.25, 0.3) is 11.5 Å². The number of hydrogen-bond donors (Lipinski definition) is 0. The standard InChI is InChI=1S/C17H17N5O2/c23-16(7-8-21-11-18-19-12-21)22-9-6-15-14(10-22)20-17(24-15)13-4-2-1-3-5-13/h1-5,11-12H,6-10H2. The van der Waals surface area contributed by atoms with E-state index in [1.54, 1.807) is 17.2 Å². The van der Waals surface area contributed by atoms with Gasteiger partial charge < -0.3 is 13.9 Å². The van der Waals surface area contributed by atoms with Crippen LogP contribution in [0.2, 0.25) is 0 Å². The maximum atomic E-state index is 12.4. The van der Waals surface area contributed by atoms with Crippen molar-refractivity contribution in [3.05, 3.63) is 54.4 Å². The number of hydrogen-bond acceptors (Lipinski definition) is 5. The van der Waals surface area contributed by atoms with Crippen molar-refractivity contribution >= 4 is 5.91 Å². The Hall–Kier alpha value is -2.96. The first-order valence-electron chi connectivity index (χ1n) is 7.94. The van der Waals surface area contributed by atoms with Crippen molar-refractivity contribution in [2.75, 3.05) is 6.54 Å². The molecule has 3 heterocycles. The van der Waals surface area contributed by atoms with E-state index in [1.165, 1.54) is 0 Å². The number of benzene rings is 1. The van der Waals surface area contributed by atoms with Crippen LogP contribution < -0.4 is 0 Å². The second-order valence-corrected chi connectivity index (χ2v) is 5.77. The molecule has 24 heavy (non-hydrogen) atoms. The van der Waals surface area contributed by atoms with Gasteiger partial charge in [-0.2, -0.15) is 0 Å². The lowest BCUT2D eigenvalue weighted by Crippen LogP contribution is -2.36. The molecular weight excluding hydrogens is 306 g/mol. The summed E-state index contributed by atoms with van der Waals surface area (Å²) in [7, 11) is 0.